The second kappa shape index (κ2) is 6.95. The van der Waals surface area contributed by atoms with Crippen LogP contribution in [0.25, 0.3) is 0 Å². The number of anilines is 1. The van der Waals surface area contributed by atoms with E-state index in [9.17, 15) is 4.79 Å². The molecule has 0 aliphatic heterocycles. The number of benzene rings is 1. The van der Waals surface area contributed by atoms with Crippen LogP contribution in [0.4, 0.5) is 5.69 Å². The SMILES string of the molecule is CC.COc1cccc(NC(C)=O)c1. The Balaban J connectivity index is 0.000000791. The largest absolute Gasteiger partial charge is 0.497 e. The summed E-state index contributed by atoms with van der Waals surface area (Å²) in [4.78, 5) is 10.7. The fraction of sp³-hybridized carbons (Fsp3) is 0.364. The topological polar surface area (TPSA) is 38.3 Å². The highest BCUT2D eigenvalue weighted by atomic mass is 16.5. The zero-order valence-electron chi connectivity index (χ0n) is 9.13. The van der Waals surface area contributed by atoms with E-state index in [1.165, 1.54) is 6.92 Å². The Bertz CT molecular complexity index is 284. The van der Waals surface area contributed by atoms with E-state index in [2.05, 4.69) is 5.32 Å². The molecule has 0 unspecified atom stereocenters. The van der Waals surface area contributed by atoms with Gasteiger partial charge in [0, 0.05) is 18.7 Å². The molecule has 1 amide bonds. The van der Waals surface area contributed by atoms with Gasteiger partial charge < -0.3 is 10.1 Å². The molecule has 78 valence electrons. The molecule has 0 bridgehead atoms. The number of rotatable bonds is 2. The van der Waals surface area contributed by atoms with E-state index in [0.29, 0.717) is 0 Å². The van der Waals surface area contributed by atoms with E-state index >= 15 is 0 Å². The van der Waals surface area contributed by atoms with Crippen molar-refractivity contribution in [2.24, 2.45) is 0 Å². The smallest absolute Gasteiger partial charge is 0.221 e. The van der Waals surface area contributed by atoms with E-state index in [0.717, 1.165) is 11.4 Å². The second-order valence-electron chi connectivity index (χ2n) is 2.41. The Morgan fingerprint density at radius 1 is 1.36 bits per heavy atom. The van der Waals surface area contributed by atoms with Gasteiger partial charge in [-0.1, -0.05) is 19.9 Å². The number of hydrogen-bond acceptors (Lipinski definition) is 2. The van der Waals surface area contributed by atoms with Crippen LogP contribution in [-0.2, 0) is 4.79 Å². The molecule has 1 rings (SSSR count). The van der Waals surface area contributed by atoms with Crippen molar-refractivity contribution >= 4 is 11.6 Å². The fourth-order valence-electron chi connectivity index (χ4n) is 0.904. The third kappa shape index (κ3) is 4.50. The third-order valence-corrected chi connectivity index (χ3v) is 1.39. The molecule has 3 heteroatoms. The molecule has 0 fully saturated rings. The molecule has 0 atom stereocenters. The van der Waals surface area contributed by atoms with Gasteiger partial charge in [0.1, 0.15) is 5.75 Å². The number of ether oxygens (including phenoxy) is 1. The lowest BCUT2D eigenvalue weighted by atomic mass is 10.3. The van der Waals surface area contributed by atoms with Crippen molar-refractivity contribution in [2.75, 3.05) is 12.4 Å². The summed E-state index contributed by atoms with van der Waals surface area (Å²) < 4.78 is 4.99. The summed E-state index contributed by atoms with van der Waals surface area (Å²) in [5, 5.41) is 2.66. The number of methoxy groups -OCH3 is 1. The van der Waals surface area contributed by atoms with Crippen LogP contribution in [0.5, 0.6) is 5.75 Å². The molecule has 0 heterocycles. The maximum atomic E-state index is 10.7. The van der Waals surface area contributed by atoms with Gasteiger partial charge in [0.25, 0.3) is 0 Å². The maximum Gasteiger partial charge on any atom is 0.221 e. The Morgan fingerprint density at radius 3 is 2.50 bits per heavy atom. The molecule has 0 saturated heterocycles. The van der Waals surface area contributed by atoms with E-state index in [-0.39, 0.29) is 5.91 Å². The van der Waals surface area contributed by atoms with E-state index in [1.807, 2.05) is 32.0 Å². The van der Waals surface area contributed by atoms with Gasteiger partial charge in [-0.15, -0.1) is 0 Å². The first kappa shape index (κ1) is 12.5. The first-order chi connectivity index (χ1) is 6.72. The molecular formula is C11H17NO2. The predicted octanol–water partition coefficient (Wildman–Crippen LogP) is 2.68. The van der Waals surface area contributed by atoms with Gasteiger partial charge >= 0.3 is 0 Å². The summed E-state index contributed by atoms with van der Waals surface area (Å²) in [6.07, 6.45) is 0. The van der Waals surface area contributed by atoms with Crippen LogP contribution in [0.2, 0.25) is 0 Å². The summed E-state index contributed by atoms with van der Waals surface area (Å²) in [5.41, 5.74) is 0.752. The molecule has 0 saturated carbocycles. The first-order valence-electron chi connectivity index (χ1n) is 4.64. The summed E-state index contributed by atoms with van der Waals surface area (Å²) >= 11 is 0. The molecule has 0 radical (unpaired) electrons. The highest BCUT2D eigenvalue weighted by molar-refractivity contribution is 5.88. The lowest BCUT2D eigenvalue weighted by Gasteiger charge is -2.03. The zero-order chi connectivity index (χ0) is 11.0. The van der Waals surface area contributed by atoms with Crippen molar-refractivity contribution in [1.82, 2.24) is 0 Å². The van der Waals surface area contributed by atoms with E-state index < -0.39 is 0 Å². The average molecular weight is 195 g/mol. The van der Waals surface area contributed by atoms with Gasteiger partial charge in [-0.25, -0.2) is 0 Å². The van der Waals surface area contributed by atoms with Gasteiger partial charge in [-0.05, 0) is 12.1 Å². The van der Waals surface area contributed by atoms with Crippen molar-refractivity contribution in [3.8, 4) is 5.75 Å². The standard InChI is InChI=1S/C9H11NO2.C2H6/c1-7(11)10-8-4-3-5-9(6-8)12-2;1-2/h3-6H,1-2H3,(H,10,11);1-2H3. The van der Waals surface area contributed by atoms with Crippen LogP contribution in [0.1, 0.15) is 20.8 Å². The van der Waals surface area contributed by atoms with Gasteiger partial charge in [-0.2, -0.15) is 0 Å². The number of amides is 1. The van der Waals surface area contributed by atoms with Crippen molar-refractivity contribution in [3.05, 3.63) is 24.3 Å². The molecule has 14 heavy (non-hydrogen) atoms. The molecule has 3 nitrogen and oxygen atoms in total. The number of carbonyl (C=O) groups is 1. The number of hydrogen-bond donors (Lipinski definition) is 1. The minimum absolute atomic E-state index is 0.0803. The van der Waals surface area contributed by atoms with Gasteiger partial charge in [0.05, 0.1) is 7.11 Å². The van der Waals surface area contributed by atoms with E-state index in [1.54, 1.807) is 13.2 Å². The van der Waals surface area contributed by atoms with Crippen LogP contribution in [0.15, 0.2) is 24.3 Å². The monoisotopic (exact) mass is 195 g/mol. The van der Waals surface area contributed by atoms with Crippen LogP contribution in [0, 0.1) is 0 Å². The first-order valence-corrected chi connectivity index (χ1v) is 4.64. The average Bonchev–Trinajstić information content (AvgIpc) is 2.20. The van der Waals surface area contributed by atoms with E-state index in [4.69, 9.17) is 4.74 Å². The fourth-order valence-corrected chi connectivity index (χ4v) is 0.904. The molecule has 0 aliphatic carbocycles. The minimum atomic E-state index is -0.0803. The van der Waals surface area contributed by atoms with Gasteiger partial charge in [0.2, 0.25) is 5.91 Å². The maximum absolute atomic E-state index is 10.7. The molecule has 1 aromatic carbocycles. The molecule has 0 spiro atoms. The van der Waals surface area contributed by atoms with Gasteiger partial charge in [-0.3, -0.25) is 4.79 Å². The summed E-state index contributed by atoms with van der Waals surface area (Å²) in [5.74, 6) is 0.657. The highest BCUT2D eigenvalue weighted by Gasteiger charge is 1.95. The van der Waals surface area contributed by atoms with Crippen LogP contribution < -0.4 is 10.1 Å². The lowest BCUT2D eigenvalue weighted by Crippen LogP contribution is -2.05. The third-order valence-electron chi connectivity index (χ3n) is 1.39. The minimum Gasteiger partial charge on any atom is -0.497 e. The van der Waals surface area contributed by atoms with Crippen LogP contribution in [0.3, 0.4) is 0 Å². The second-order valence-corrected chi connectivity index (χ2v) is 2.41. The summed E-state index contributed by atoms with van der Waals surface area (Å²) in [7, 11) is 1.59. The Morgan fingerprint density at radius 2 is 2.00 bits per heavy atom. The summed E-state index contributed by atoms with van der Waals surface area (Å²) in [6, 6.07) is 7.22. The lowest BCUT2D eigenvalue weighted by molar-refractivity contribution is -0.114. The quantitative estimate of drug-likeness (QED) is 0.787. The highest BCUT2D eigenvalue weighted by Crippen LogP contribution is 2.16. The normalized spacial score (nSPS) is 8.29. The van der Waals surface area contributed by atoms with Crippen molar-refractivity contribution in [2.45, 2.75) is 20.8 Å². The number of nitrogens with one attached hydrogen (secondary N) is 1. The zero-order valence-corrected chi connectivity index (χ0v) is 9.13. The summed E-state index contributed by atoms with van der Waals surface area (Å²) in [6.45, 7) is 5.47. The molecule has 0 aliphatic rings. The Labute approximate surface area is 85.1 Å². The Kier molecular flexibility index (Phi) is 6.20. The van der Waals surface area contributed by atoms with Gasteiger partial charge in [0.15, 0.2) is 0 Å². The van der Waals surface area contributed by atoms with Crippen molar-refractivity contribution < 1.29 is 9.53 Å². The molecule has 1 aromatic rings. The van der Waals surface area contributed by atoms with Crippen LogP contribution in [-0.4, -0.2) is 13.0 Å². The molecular weight excluding hydrogens is 178 g/mol. The molecule has 0 aromatic heterocycles. The van der Waals surface area contributed by atoms with Crippen molar-refractivity contribution in [3.63, 3.8) is 0 Å². The van der Waals surface area contributed by atoms with Crippen LogP contribution >= 0.6 is 0 Å². The van der Waals surface area contributed by atoms with Crippen molar-refractivity contribution in [1.29, 1.82) is 0 Å². The molecule has 1 N–H and O–H groups in total. The number of carbonyl (C=O) groups excluding carboxylic acids is 1. The Hall–Kier alpha value is -1.51. The predicted molar refractivity (Wildman–Crippen MR) is 58.6 cm³/mol.